The third-order valence-corrected chi connectivity index (χ3v) is 4.44. The van der Waals surface area contributed by atoms with Crippen molar-refractivity contribution in [2.45, 2.75) is 19.3 Å². The van der Waals surface area contributed by atoms with Crippen molar-refractivity contribution >= 4 is 29.1 Å². The van der Waals surface area contributed by atoms with E-state index in [1.807, 2.05) is 19.1 Å². The number of carbonyl (C=O) groups is 3. The summed E-state index contributed by atoms with van der Waals surface area (Å²) in [6, 6.07) is 11.3. The van der Waals surface area contributed by atoms with E-state index in [1.165, 1.54) is 30.1 Å². The second-order valence-corrected chi connectivity index (χ2v) is 6.64. The number of nitrogens with one attached hydrogen (secondary N) is 2. The fraction of sp³-hybridized carbons (Fsp3) is 0.250. The fourth-order valence-electron chi connectivity index (χ4n) is 3.05. The van der Waals surface area contributed by atoms with Gasteiger partial charge in [-0.2, -0.15) is 0 Å². The first-order valence-corrected chi connectivity index (χ1v) is 8.54. The molecule has 0 saturated heterocycles. The van der Waals surface area contributed by atoms with Crippen molar-refractivity contribution < 1.29 is 18.8 Å². The number of hydrogen-bond donors (Lipinski definition) is 2. The molecule has 1 atom stereocenters. The molecule has 3 amide bonds. The molecule has 0 saturated carbocycles. The molecule has 0 radical (unpaired) electrons. The van der Waals surface area contributed by atoms with E-state index in [1.54, 1.807) is 12.1 Å². The Kier molecular flexibility index (Phi) is 5.21. The van der Waals surface area contributed by atoms with Crippen molar-refractivity contribution in [3.05, 3.63) is 59.4 Å². The first kappa shape index (κ1) is 18.6. The molecule has 2 aromatic rings. The summed E-state index contributed by atoms with van der Waals surface area (Å²) in [4.78, 5) is 38.2. The number of rotatable bonds is 4. The number of likely N-dealkylation sites (N-methyl/N-ethyl adjacent to an activating group) is 1. The minimum Gasteiger partial charge on any atom is -0.336 e. The summed E-state index contributed by atoms with van der Waals surface area (Å²) >= 11 is 0. The van der Waals surface area contributed by atoms with E-state index in [4.69, 9.17) is 0 Å². The van der Waals surface area contributed by atoms with Gasteiger partial charge in [-0.15, -0.1) is 0 Å². The third-order valence-electron chi connectivity index (χ3n) is 4.44. The average molecular weight is 369 g/mol. The Bertz CT molecular complexity index is 896. The zero-order chi connectivity index (χ0) is 19.6. The lowest BCUT2D eigenvalue weighted by Crippen LogP contribution is -2.40. The number of benzene rings is 2. The molecule has 1 heterocycles. The zero-order valence-corrected chi connectivity index (χ0v) is 15.1. The van der Waals surface area contributed by atoms with Gasteiger partial charge in [-0.05, 0) is 36.8 Å². The highest BCUT2D eigenvalue weighted by molar-refractivity contribution is 6.02. The predicted octanol–water partition coefficient (Wildman–Crippen LogP) is 2.66. The molecule has 1 aliphatic heterocycles. The predicted molar refractivity (Wildman–Crippen MR) is 99.8 cm³/mol. The Morgan fingerprint density at radius 3 is 2.63 bits per heavy atom. The van der Waals surface area contributed by atoms with Gasteiger partial charge in [0.2, 0.25) is 17.7 Å². The van der Waals surface area contributed by atoms with E-state index < -0.39 is 11.7 Å². The molecule has 2 N–H and O–H groups in total. The third kappa shape index (κ3) is 4.31. The highest BCUT2D eigenvalue weighted by Gasteiger charge is 2.33. The van der Waals surface area contributed by atoms with Gasteiger partial charge < -0.3 is 15.5 Å². The van der Waals surface area contributed by atoms with Gasteiger partial charge in [0.15, 0.2) is 0 Å². The van der Waals surface area contributed by atoms with Crippen LogP contribution in [-0.2, 0) is 14.4 Å². The summed E-state index contributed by atoms with van der Waals surface area (Å²) in [5, 5.41) is 5.31. The number of fused-ring (bicyclic) bond motifs is 1. The molecule has 0 aromatic heterocycles. The van der Waals surface area contributed by atoms with Crippen LogP contribution in [0.1, 0.15) is 23.5 Å². The van der Waals surface area contributed by atoms with E-state index in [-0.39, 0.29) is 30.7 Å². The second kappa shape index (κ2) is 7.57. The molecular formula is C20H20FN3O3. The normalized spacial score (nSPS) is 15.5. The van der Waals surface area contributed by atoms with Crippen LogP contribution in [0.4, 0.5) is 15.8 Å². The monoisotopic (exact) mass is 369 g/mol. The summed E-state index contributed by atoms with van der Waals surface area (Å²) in [7, 11) is 1.51. The molecule has 1 aliphatic rings. The largest absolute Gasteiger partial charge is 0.336 e. The zero-order valence-electron chi connectivity index (χ0n) is 15.1. The molecule has 0 spiro atoms. The molecule has 0 bridgehead atoms. The molecule has 0 aliphatic carbocycles. The lowest BCUT2D eigenvalue weighted by Gasteiger charge is -2.28. The van der Waals surface area contributed by atoms with Crippen LogP contribution in [0.2, 0.25) is 0 Å². The van der Waals surface area contributed by atoms with Crippen molar-refractivity contribution in [2.24, 2.45) is 0 Å². The van der Waals surface area contributed by atoms with Gasteiger partial charge in [-0.3, -0.25) is 14.4 Å². The molecule has 2 aromatic carbocycles. The van der Waals surface area contributed by atoms with Crippen molar-refractivity contribution in [1.82, 2.24) is 4.90 Å². The number of aryl methyl sites for hydroxylation is 1. The maximum atomic E-state index is 13.4. The number of nitrogens with zero attached hydrogens (tertiary/aromatic N) is 1. The SMILES string of the molecule is Cc1ccc(NC(=O)CN(C)C(=O)C2CC(=O)Nc3cc(F)ccc32)cc1. The van der Waals surface area contributed by atoms with Crippen LogP contribution < -0.4 is 10.6 Å². The lowest BCUT2D eigenvalue weighted by atomic mass is 9.89. The Hall–Kier alpha value is -3.22. The summed E-state index contributed by atoms with van der Waals surface area (Å²) < 4.78 is 13.4. The number of carbonyl (C=O) groups excluding carboxylic acids is 3. The van der Waals surface area contributed by atoms with E-state index in [0.29, 0.717) is 16.9 Å². The van der Waals surface area contributed by atoms with Crippen molar-refractivity contribution in [3.8, 4) is 0 Å². The van der Waals surface area contributed by atoms with Gasteiger partial charge in [0.05, 0.1) is 12.5 Å². The molecule has 1 unspecified atom stereocenters. The van der Waals surface area contributed by atoms with Gasteiger partial charge in [-0.25, -0.2) is 4.39 Å². The van der Waals surface area contributed by atoms with Crippen LogP contribution >= 0.6 is 0 Å². The van der Waals surface area contributed by atoms with Crippen LogP contribution in [0.15, 0.2) is 42.5 Å². The van der Waals surface area contributed by atoms with Crippen LogP contribution in [0.3, 0.4) is 0 Å². The molecule has 6 nitrogen and oxygen atoms in total. The first-order valence-electron chi connectivity index (χ1n) is 8.54. The average Bonchev–Trinajstić information content (AvgIpc) is 2.61. The fourth-order valence-corrected chi connectivity index (χ4v) is 3.05. The smallest absolute Gasteiger partial charge is 0.243 e. The van der Waals surface area contributed by atoms with Crippen LogP contribution in [0, 0.1) is 12.7 Å². The molecular weight excluding hydrogens is 349 g/mol. The van der Waals surface area contributed by atoms with Gasteiger partial charge in [-0.1, -0.05) is 23.8 Å². The Labute approximate surface area is 156 Å². The number of anilines is 2. The van der Waals surface area contributed by atoms with E-state index in [0.717, 1.165) is 5.56 Å². The second-order valence-electron chi connectivity index (χ2n) is 6.64. The van der Waals surface area contributed by atoms with Crippen LogP contribution in [-0.4, -0.2) is 36.2 Å². The minimum atomic E-state index is -0.744. The highest BCUT2D eigenvalue weighted by atomic mass is 19.1. The van der Waals surface area contributed by atoms with E-state index in [9.17, 15) is 18.8 Å². The van der Waals surface area contributed by atoms with Crippen LogP contribution in [0.5, 0.6) is 0 Å². The maximum absolute atomic E-state index is 13.4. The molecule has 3 rings (SSSR count). The first-order chi connectivity index (χ1) is 12.8. The van der Waals surface area contributed by atoms with Crippen LogP contribution in [0.25, 0.3) is 0 Å². The Morgan fingerprint density at radius 1 is 1.22 bits per heavy atom. The summed E-state index contributed by atoms with van der Waals surface area (Å²) in [6.07, 6.45) is -0.0403. The van der Waals surface area contributed by atoms with E-state index >= 15 is 0 Å². The van der Waals surface area contributed by atoms with Gasteiger partial charge in [0.25, 0.3) is 0 Å². The summed E-state index contributed by atoms with van der Waals surface area (Å²) in [5.74, 6) is -2.30. The quantitative estimate of drug-likeness (QED) is 0.870. The minimum absolute atomic E-state index is 0.0403. The highest BCUT2D eigenvalue weighted by Crippen LogP contribution is 2.33. The standard InChI is InChI=1S/C20H20FN3O3/c1-12-3-6-14(7-4-12)22-19(26)11-24(2)20(27)16-10-18(25)23-17-9-13(21)5-8-15(16)17/h3-9,16H,10-11H2,1-2H3,(H,22,26)(H,23,25). The topological polar surface area (TPSA) is 78.5 Å². The van der Waals surface area contributed by atoms with Gasteiger partial charge in [0, 0.05) is 24.8 Å². The van der Waals surface area contributed by atoms with Crippen molar-refractivity contribution in [1.29, 1.82) is 0 Å². The number of amides is 3. The van der Waals surface area contributed by atoms with Gasteiger partial charge in [0.1, 0.15) is 5.82 Å². The van der Waals surface area contributed by atoms with Crippen molar-refractivity contribution in [3.63, 3.8) is 0 Å². The number of hydrogen-bond acceptors (Lipinski definition) is 3. The number of halogens is 1. The summed E-state index contributed by atoms with van der Waals surface area (Å²) in [5.41, 5.74) is 2.56. The maximum Gasteiger partial charge on any atom is 0.243 e. The molecule has 27 heavy (non-hydrogen) atoms. The summed E-state index contributed by atoms with van der Waals surface area (Å²) in [6.45, 7) is 1.80. The lowest BCUT2D eigenvalue weighted by molar-refractivity contribution is -0.136. The molecule has 0 fully saturated rings. The van der Waals surface area contributed by atoms with Gasteiger partial charge >= 0.3 is 0 Å². The molecule has 7 heteroatoms. The Morgan fingerprint density at radius 2 is 1.93 bits per heavy atom. The Balaban J connectivity index is 1.69. The molecule has 140 valence electrons. The van der Waals surface area contributed by atoms with E-state index in [2.05, 4.69) is 10.6 Å². The van der Waals surface area contributed by atoms with Crippen molar-refractivity contribution in [2.75, 3.05) is 24.2 Å².